The third kappa shape index (κ3) is 48.9. The van der Waals surface area contributed by atoms with Gasteiger partial charge in [0.1, 0.15) is 0 Å². The first-order valence-electron chi connectivity index (χ1n) is 30.4. The second kappa shape index (κ2) is 52.5. The molecule has 0 bridgehead atoms. The van der Waals surface area contributed by atoms with Gasteiger partial charge in [0.25, 0.3) is 0 Å². The topological polar surface area (TPSA) is 149 Å². The first-order chi connectivity index (χ1) is 34.0. The SMILES string of the molecule is CCCCCCCCCCC(O)CN(CCCNC(=O)CN(C)CC(=O)NCCCN(CC(O)CCCCCCCCCC)CC(O)CCCCCCCCCC)CC(O)CCCCCCCCCC. The Labute approximate surface area is 434 Å². The van der Waals surface area contributed by atoms with Gasteiger partial charge in [-0.1, -0.05) is 233 Å². The largest absolute Gasteiger partial charge is 0.392 e. The van der Waals surface area contributed by atoms with E-state index in [1.165, 1.54) is 154 Å². The van der Waals surface area contributed by atoms with E-state index in [4.69, 9.17) is 0 Å². The van der Waals surface area contributed by atoms with E-state index in [-0.39, 0.29) is 24.9 Å². The number of nitrogens with one attached hydrogen (secondary N) is 2. The van der Waals surface area contributed by atoms with Gasteiger partial charge in [-0.2, -0.15) is 0 Å². The molecule has 0 spiro atoms. The maximum Gasteiger partial charge on any atom is 0.234 e. The predicted molar refractivity (Wildman–Crippen MR) is 299 cm³/mol. The third-order valence-corrected chi connectivity index (χ3v) is 14.2. The minimum Gasteiger partial charge on any atom is -0.392 e. The summed E-state index contributed by atoms with van der Waals surface area (Å²) in [5.74, 6) is -0.254. The van der Waals surface area contributed by atoms with Crippen molar-refractivity contribution in [3.8, 4) is 0 Å². The van der Waals surface area contributed by atoms with E-state index in [0.717, 1.165) is 77.0 Å². The number of carbonyl (C=O) groups excluding carboxylic acids is 2. The summed E-state index contributed by atoms with van der Waals surface area (Å²) < 4.78 is 0. The zero-order chi connectivity index (χ0) is 51.6. The average molecular weight is 997 g/mol. The summed E-state index contributed by atoms with van der Waals surface area (Å²) in [4.78, 5) is 31.9. The van der Waals surface area contributed by atoms with Crippen LogP contribution in [0.25, 0.3) is 0 Å². The van der Waals surface area contributed by atoms with Crippen molar-refractivity contribution < 1.29 is 30.0 Å². The molecule has 70 heavy (non-hydrogen) atoms. The van der Waals surface area contributed by atoms with Crippen LogP contribution in [0.3, 0.4) is 0 Å². The predicted octanol–water partition coefficient (Wildman–Crippen LogP) is 12.1. The van der Waals surface area contributed by atoms with Gasteiger partial charge in [0.15, 0.2) is 0 Å². The van der Waals surface area contributed by atoms with Crippen molar-refractivity contribution in [2.24, 2.45) is 0 Å². The molecule has 0 radical (unpaired) electrons. The Morgan fingerprint density at radius 3 is 0.786 bits per heavy atom. The molecule has 6 N–H and O–H groups in total. The van der Waals surface area contributed by atoms with Gasteiger partial charge in [-0.25, -0.2) is 0 Å². The molecule has 0 aromatic heterocycles. The first kappa shape index (κ1) is 68.7. The number of aliphatic hydroxyl groups excluding tert-OH is 4. The molecule has 0 saturated carbocycles. The summed E-state index contributed by atoms with van der Waals surface area (Å²) in [5.41, 5.74) is 0. The van der Waals surface area contributed by atoms with Crippen LogP contribution < -0.4 is 10.6 Å². The van der Waals surface area contributed by atoms with Gasteiger partial charge in [-0.15, -0.1) is 0 Å². The number of aliphatic hydroxyl groups is 4. The second-order valence-corrected chi connectivity index (χ2v) is 21.8. The van der Waals surface area contributed by atoms with E-state index in [1.54, 1.807) is 11.9 Å². The van der Waals surface area contributed by atoms with Gasteiger partial charge in [0.05, 0.1) is 37.5 Å². The van der Waals surface area contributed by atoms with Crippen molar-refractivity contribution in [3.05, 3.63) is 0 Å². The molecule has 11 heteroatoms. The van der Waals surface area contributed by atoms with E-state index in [1.807, 2.05) is 0 Å². The van der Waals surface area contributed by atoms with Gasteiger partial charge in [0.2, 0.25) is 11.8 Å². The van der Waals surface area contributed by atoms with Crippen LogP contribution in [0.4, 0.5) is 0 Å². The van der Waals surface area contributed by atoms with Crippen LogP contribution in [0.1, 0.15) is 272 Å². The molecular weight excluding hydrogens is 875 g/mol. The molecule has 0 saturated heterocycles. The highest BCUT2D eigenvalue weighted by Gasteiger charge is 2.18. The molecule has 0 aromatic carbocycles. The number of likely N-dealkylation sites (N-methyl/N-ethyl adjacent to an activating group) is 1. The molecule has 0 aliphatic rings. The first-order valence-corrected chi connectivity index (χ1v) is 30.4. The van der Waals surface area contributed by atoms with E-state index in [0.29, 0.717) is 65.2 Å². The third-order valence-electron chi connectivity index (χ3n) is 14.2. The van der Waals surface area contributed by atoms with E-state index >= 15 is 0 Å². The van der Waals surface area contributed by atoms with Crippen molar-refractivity contribution in [1.29, 1.82) is 0 Å². The Hall–Kier alpha value is -1.34. The number of unbranched alkanes of at least 4 members (excludes halogenated alkanes) is 28. The van der Waals surface area contributed by atoms with Gasteiger partial charge in [-0.05, 0) is 45.6 Å². The van der Waals surface area contributed by atoms with Gasteiger partial charge < -0.3 is 31.1 Å². The molecule has 0 rings (SSSR count). The molecule has 418 valence electrons. The second-order valence-electron chi connectivity index (χ2n) is 21.8. The fourth-order valence-corrected chi connectivity index (χ4v) is 9.85. The van der Waals surface area contributed by atoms with E-state index < -0.39 is 24.4 Å². The van der Waals surface area contributed by atoms with Crippen molar-refractivity contribution in [3.63, 3.8) is 0 Å². The number of nitrogens with zero attached hydrogens (tertiary/aromatic N) is 3. The van der Waals surface area contributed by atoms with E-state index in [9.17, 15) is 30.0 Å². The standard InChI is InChI=1S/C59H121N5O6/c1-6-10-14-18-22-26-30-34-40-54(65)48-63(49-55(66)41-35-31-27-23-19-15-11-7-2)46-38-44-60-58(69)52-62(5)53-59(70)61-45-39-47-64(50-56(67)42-36-32-28-24-20-16-12-8-3)51-57(68)43-37-33-29-25-21-17-13-9-4/h54-57,65-68H,6-53H2,1-5H3,(H,60,69)(H,61,70). The van der Waals surface area contributed by atoms with Crippen LogP contribution in [0.15, 0.2) is 0 Å². The number of carbonyl (C=O) groups is 2. The average Bonchev–Trinajstić information content (AvgIpc) is 3.32. The summed E-state index contributed by atoms with van der Waals surface area (Å²) in [7, 11) is 1.78. The normalized spacial score (nSPS) is 13.7. The summed E-state index contributed by atoms with van der Waals surface area (Å²) in [6, 6.07) is 0. The lowest BCUT2D eigenvalue weighted by atomic mass is 10.0. The molecule has 0 fully saturated rings. The van der Waals surface area contributed by atoms with Crippen LogP contribution in [0.5, 0.6) is 0 Å². The maximum atomic E-state index is 12.9. The van der Waals surface area contributed by atoms with Crippen molar-refractivity contribution in [1.82, 2.24) is 25.3 Å². The lowest BCUT2D eigenvalue weighted by Gasteiger charge is -2.27. The highest BCUT2D eigenvalue weighted by Crippen LogP contribution is 2.16. The Bertz CT molecular complexity index is 967. The summed E-state index contributed by atoms with van der Waals surface area (Å²) in [5, 5.41) is 50.0. The maximum absolute atomic E-state index is 12.9. The lowest BCUT2D eigenvalue weighted by Crippen LogP contribution is -2.43. The lowest BCUT2D eigenvalue weighted by molar-refractivity contribution is -0.124. The van der Waals surface area contributed by atoms with Crippen LogP contribution in [0.2, 0.25) is 0 Å². The number of hydrogen-bond donors (Lipinski definition) is 6. The molecule has 0 heterocycles. The highest BCUT2D eigenvalue weighted by atomic mass is 16.3. The Morgan fingerprint density at radius 1 is 0.343 bits per heavy atom. The van der Waals surface area contributed by atoms with Crippen molar-refractivity contribution in [2.75, 3.05) is 72.5 Å². The number of amides is 2. The minimum atomic E-state index is -0.423. The fraction of sp³-hybridized carbons (Fsp3) is 0.966. The molecule has 0 aliphatic heterocycles. The smallest absolute Gasteiger partial charge is 0.234 e. The minimum absolute atomic E-state index is 0.118. The molecule has 11 nitrogen and oxygen atoms in total. The molecule has 2 amide bonds. The van der Waals surface area contributed by atoms with Gasteiger partial charge in [0, 0.05) is 52.4 Å². The number of hydrogen-bond acceptors (Lipinski definition) is 9. The van der Waals surface area contributed by atoms with E-state index in [2.05, 4.69) is 48.1 Å². The Kier molecular flexibility index (Phi) is 51.5. The summed E-state index contributed by atoms with van der Waals surface area (Å²) in [6.07, 6.45) is 42.5. The summed E-state index contributed by atoms with van der Waals surface area (Å²) >= 11 is 0. The van der Waals surface area contributed by atoms with Crippen LogP contribution in [-0.4, -0.2) is 144 Å². The van der Waals surface area contributed by atoms with Gasteiger partial charge in [-0.3, -0.25) is 24.3 Å². The molecule has 4 unspecified atom stereocenters. The summed E-state index contributed by atoms with van der Waals surface area (Å²) in [6.45, 7) is 13.8. The van der Waals surface area contributed by atoms with Gasteiger partial charge >= 0.3 is 0 Å². The molecular formula is C59H121N5O6. The number of rotatable bonds is 56. The van der Waals surface area contributed by atoms with Crippen LogP contribution in [-0.2, 0) is 9.59 Å². The molecule has 0 aliphatic carbocycles. The van der Waals surface area contributed by atoms with Crippen LogP contribution >= 0.6 is 0 Å². The molecule has 0 aromatic rings. The fourth-order valence-electron chi connectivity index (χ4n) is 9.85. The highest BCUT2D eigenvalue weighted by molar-refractivity contribution is 5.81. The van der Waals surface area contributed by atoms with Crippen molar-refractivity contribution in [2.45, 2.75) is 296 Å². The van der Waals surface area contributed by atoms with Crippen molar-refractivity contribution >= 4 is 11.8 Å². The monoisotopic (exact) mass is 996 g/mol. The quantitative estimate of drug-likeness (QED) is 0.0328. The zero-order valence-electron chi connectivity index (χ0n) is 47.2. The Morgan fingerprint density at radius 2 is 0.557 bits per heavy atom. The Balaban J connectivity index is 4.83. The zero-order valence-corrected chi connectivity index (χ0v) is 47.2. The van der Waals surface area contributed by atoms with Crippen LogP contribution in [0, 0.1) is 0 Å². The molecule has 4 atom stereocenters.